The Morgan fingerprint density at radius 1 is 0.927 bits per heavy atom. The van der Waals surface area contributed by atoms with Gasteiger partial charge in [0.15, 0.2) is 0 Å². The Bertz CT molecular complexity index is 1850. The van der Waals surface area contributed by atoms with Crippen LogP contribution in [-0.4, -0.2) is 112 Å². The van der Waals surface area contributed by atoms with Crippen molar-refractivity contribution in [1.29, 1.82) is 0 Å². The third kappa shape index (κ3) is 10.5. The molecule has 0 bridgehead atoms. The van der Waals surface area contributed by atoms with Gasteiger partial charge in [0.25, 0.3) is 11.8 Å². The van der Waals surface area contributed by atoms with Crippen molar-refractivity contribution in [3.05, 3.63) is 59.8 Å². The van der Waals surface area contributed by atoms with Crippen LogP contribution in [-0.2, 0) is 46.0 Å². The average Bonchev–Trinajstić information content (AvgIpc) is 3.61. The molecule has 0 aliphatic carbocycles. The molecular formula is C40H57N7O8. The van der Waals surface area contributed by atoms with Crippen molar-refractivity contribution in [3.63, 3.8) is 0 Å². The zero-order chi connectivity index (χ0) is 41.6. The van der Waals surface area contributed by atoms with Crippen LogP contribution in [0.5, 0.6) is 0 Å². The molecule has 15 nitrogen and oxygen atoms in total. The highest BCUT2D eigenvalue weighted by molar-refractivity contribution is 6.12. The highest BCUT2D eigenvalue weighted by Crippen LogP contribution is 2.35. The minimum Gasteiger partial charge on any atom is -0.481 e. The summed E-state index contributed by atoms with van der Waals surface area (Å²) < 4.78 is 2.03. The number of rotatable bonds is 17. The van der Waals surface area contributed by atoms with Gasteiger partial charge in [-0.1, -0.05) is 72.7 Å². The molecule has 1 aromatic heterocycles. The van der Waals surface area contributed by atoms with E-state index in [4.69, 9.17) is 0 Å². The van der Waals surface area contributed by atoms with Crippen LogP contribution in [0.2, 0.25) is 0 Å². The number of benzene rings is 1. The number of carboxylic acid groups (broad SMARTS) is 1. The van der Waals surface area contributed by atoms with E-state index in [0.29, 0.717) is 0 Å². The molecular weight excluding hydrogens is 706 g/mol. The molecule has 3 rings (SSSR count). The number of aromatic nitrogens is 1. The predicted octanol–water partition coefficient (Wildman–Crippen LogP) is 2.00. The number of carbonyl (C=O) groups excluding carboxylic acids is 6. The molecule has 15 heteroatoms. The van der Waals surface area contributed by atoms with E-state index in [9.17, 15) is 38.7 Å². The zero-order valence-electron chi connectivity index (χ0n) is 33.8. The quantitative estimate of drug-likeness (QED) is 0.118. The monoisotopic (exact) mass is 763 g/mol. The standard InChI is InChI=1S/C40H57N7O8/c1-23(2)29(20-24(3)35(52)43-27(21-32(50)51)36(53)42-18-19-47-30(48)16-17-31(47)49)46(11)38(55)34(39(4,5)6)44-37(54)33(41-9)40(7,8)26-22-45(10)28-15-13-12-14-25(26)28/h12-17,20,22-23,27,29,33-34,41H,18-19,21H2,1-11H3,(H,42,53)(H,43,52)(H,44,54)(H,50,51)/b24-20+/t27-,29+,33+,34?/m0/s1. The number of aryl methyl sites for hydroxylation is 1. The number of amides is 6. The second-order valence-electron chi connectivity index (χ2n) is 16.0. The van der Waals surface area contributed by atoms with E-state index in [1.165, 1.54) is 11.8 Å². The van der Waals surface area contributed by atoms with Gasteiger partial charge >= 0.3 is 5.97 Å². The van der Waals surface area contributed by atoms with Crippen LogP contribution in [0.15, 0.2) is 54.3 Å². The first-order chi connectivity index (χ1) is 25.5. The summed E-state index contributed by atoms with van der Waals surface area (Å²) in [7, 11) is 5.27. The fraction of sp³-hybridized carbons (Fsp3) is 0.525. The zero-order valence-corrected chi connectivity index (χ0v) is 33.8. The molecule has 0 spiro atoms. The first-order valence-electron chi connectivity index (χ1n) is 18.3. The first-order valence-corrected chi connectivity index (χ1v) is 18.3. The molecule has 4 atom stereocenters. The first kappa shape index (κ1) is 44.1. The summed E-state index contributed by atoms with van der Waals surface area (Å²) in [6.07, 6.45) is 5.09. The molecule has 300 valence electrons. The van der Waals surface area contributed by atoms with E-state index in [0.717, 1.165) is 33.5 Å². The van der Waals surface area contributed by atoms with Crippen molar-refractivity contribution in [2.45, 2.75) is 91.4 Å². The Morgan fingerprint density at radius 2 is 1.53 bits per heavy atom. The molecule has 1 aliphatic heterocycles. The number of hydrogen-bond acceptors (Lipinski definition) is 8. The molecule has 0 fully saturated rings. The van der Waals surface area contributed by atoms with Crippen molar-refractivity contribution in [2.75, 3.05) is 27.2 Å². The normalized spacial score (nSPS) is 15.9. The smallest absolute Gasteiger partial charge is 0.305 e. The molecule has 0 radical (unpaired) electrons. The van der Waals surface area contributed by atoms with Crippen LogP contribution in [0.25, 0.3) is 10.9 Å². The Labute approximate surface area is 322 Å². The average molecular weight is 764 g/mol. The van der Waals surface area contributed by atoms with Crippen LogP contribution in [0.4, 0.5) is 0 Å². The van der Waals surface area contributed by atoms with Crippen molar-refractivity contribution in [3.8, 4) is 0 Å². The molecule has 5 N–H and O–H groups in total. The molecule has 55 heavy (non-hydrogen) atoms. The number of imide groups is 1. The van der Waals surface area contributed by atoms with Gasteiger partial charge in [0.1, 0.15) is 12.1 Å². The molecule has 0 saturated heterocycles. The number of carboxylic acids is 1. The summed E-state index contributed by atoms with van der Waals surface area (Å²) in [5.41, 5.74) is 0.730. The SMILES string of the molecule is CN[C@H](C(=O)NC(C(=O)N(C)[C@H](/C=C(\C)C(=O)N[C@@H](CC(=O)O)C(=O)NCCN1C(=O)C=CC1=O)C(C)C)C(C)(C)C)C(C)(C)c1cn(C)c2ccccc12. The second kappa shape index (κ2) is 17.9. The van der Waals surface area contributed by atoms with E-state index < -0.39 is 71.0 Å². The summed E-state index contributed by atoms with van der Waals surface area (Å²) in [4.78, 5) is 92.4. The van der Waals surface area contributed by atoms with Crippen molar-refractivity contribution in [1.82, 2.24) is 35.6 Å². The molecule has 1 unspecified atom stereocenters. The fourth-order valence-electron chi connectivity index (χ4n) is 6.86. The van der Waals surface area contributed by atoms with E-state index in [1.54, 1.807) is 20.2 Å². The highest BCUT2D eigenvalue weighted by Gasteiger charge is 2.42. The van der Waals surface area contributed by atoms with Crippen LogP contribution in [0.1, 0.15) is 67.4 Å². The van der Waals surface area contributed by atoms with Gasteiger partial charge < -0.3 is 35.8 Å². The van der Waals surface area contributed by atoms with Crippen LogP contribution >= 0.6 is 0 Å². The number of nitrogens with zero attached hydrogens (tertiary/aromatic N) is 3. The highest BCUT2D eigenvalue weighted by atomic mass is 16.4. The number of likely N-dealkylation sites (N-methyl/N-ethyl adjacent to an activating group) is 2. The molecule has 0 saturated carbocycles. The van der Waals surface area contributed by atoms with Crippen molar-refractivity contribution >= 4 is 52.3 Å². The maximum absolute atomic E-state index is 14.3. The van der Waals surface area contributed by atoms with Crippen molar-refractivity contribution < 1.29 is 38.7 Å². The Morgan fingerprint density at radius 3 is 2.07 bits per heavy atom. The lowest BCUT2D eigenvalue weighted by atomic mass is 9.76. The van der Waals surface area contributed by atoms with Gasteiger partial charge in [0, 0.05) is 67.4 Å². The summed E-state index contributed by atoms with van der Waals surface area (Å²) in [6, 6.07) is 4.20. The Kier molecular flexibility index (Phi) is 14.3. The van der Waals surface area contributed by atoms with Gasteiger partial charge in [-0.15, -0.1) is 0 Å². The second-order valence-corrected chi connectivity index (χ2v) is 16.0. The number of fused-ring (bicyclic) bond motifs is 1. The molecule has 1 aromatic carbocycles. The van der Waals surface area contributed by atoms with E-state index in [-0.39, 0.29) is 36.4 Å². The third-order valence-corrected chi connectivity index (χ3v) is 10.1. The summed E-state index contributed by atoms with van der Waals surface area (Å²) >= 11 is 0. The number of aliphatic carboxylic acids is 1. The van der Waals surface area contributed by atoms with Crippen LogP contribution in [0.3, 0.4) is 0 Å². The number of hydrogen-bond donors (Lipinski definition) is 5. The topological polar surface area (TPSA) is 199 Å². The minimum absolute atomic E-state index is 0.129. The van der Waals surface area contributed by atoms with Gasteiger partial charge in [-0.05, 0) is 36.9 Å². The predicted molar refractivity (Wildman–Crippen MR) is 208 cm³/mol. The summed E-state index contributed by atoms with van der Waals surface area (Å²) in [5, 5.41) is 21.6. The lowest BCUT2D eigenvalue weighted by molar-refractivity contribution is -0.141. The van der Waals surface area contributed by atoms with E-state index in [1.807, 2.05) is 90.5 Å². The van der Waals surface area contributed by atoms with Gasteiger partial charge in [-0.3, -0.25) is 38.5 Å². The number of nitrogens with one attached hydrogen (secondary N) is 4. The maximum atomic E-state index is 14.3. The molecule has 2 heterocycles. The number of para-hydroxylation sites is 1. The van der Waals surface area contributed by atoms with Gasteiger partial charge in [-0.2, -0.15) is 0 Å². The summed E-state index contributed by atoms with van der Waals surface area (Å²) in [6.45, 7) is 14.5. The molecule has 2 aromatic rings. The van der Waals surface area contributed by atoms with Crippen LogP contribution < -0.4 is 21.3 Å². The van der Waals surface area contributed by atoms with Crippen LogP contribution in [0, 0.1) is 11.3 Å². The number of carbonyl (C=O) groups is 7. The minimum atomic E-state index is -1.47. The third-order valence-electron chi connectivity index (χ3n) is 10.1. The Balaban J connectivity index is 1.80. The van der Waals surface area contributed by atoms with Crippen molar-refractivity contribution in [2.24, 2.45) is 18.4 Å². The van der Waals surface area contributed by atoms with Gasteiger partial charge in [-0.25, -0.2) is 0 Å². The summed E-state index contributed by atoms with van der Waals surface area (Å²) in [5.74, 6) is -4.87. The van der Waals surface area contributed by atoms with E-state index in [2.05, 4.69) is 21.3 Å². The van der Waals surface area contributed by atoms with Gasteiger partial charge in [0.2, 0.25) is 23.6 Å². The van der Waals surface area contributed by atoms with E-state index >= 15 is 0 Å². The molecule has 6 amide bonds. The lowest BCUT2D eigenvalue weighted by Gasteiger charge is -2.39. The maximum Gasteiger partial charge on any atom is 0.305 e. The van der Waals surface area contributed by atoms with Gasteiger partial charge in [0.05, 0.1) is 18.5 Å². The largest absolute Gasteiger partial charge is 0.481 e. The fourth-order valence-corrected chi connectivity index (χ4v) is 6.86. The lowest BCUT2D eigenvalue weighted by Crippen LogP contribution is -2.61. The molecule has 1 aliphatic rings. The Hall–Kier alpha value is -5.31.